The molecule has 4 aromatic rings. The zero-order valence-electron chi connectivity index (χ0n) is 18.0. The molecule has 0 aliphatic carbocycles. The molecule has 32 heavy (non-hydrogen) atoms. The Morgan fingerprint density at radius 3 is 1.56 bits per heavy atom. The SMILES string of the molecule is CSc1ccc(C(=O)C2CN2C(c2ccccc2)(c2ccccc2)c2ccccc2)cc1. The summed E-state index contributed by atoms with van der Waals surface area (Å²) < 4.78 is 0. The van der Waals surface area contributed by atoms with Crippen molar-refractivity contribution in [3.05, 3.63) is 138 Å². The summed E-state index contributed by atoms with van der Waals surface area (Å²) in [5.41, 5.74) is 3.77. The smallest absolute Gasteiger partial charge is 0.181 e. The number of hydrogen-bond donors (Lipinski definition) is 0. The van der Waals surface area contributed by atoms with Crippen LogP contribution < -0.4 is 0 Å². The highest BCUT2D eigenvalue weighted by Crippen LogP contribution is 2.48. The summed E-state index contributed by atoms with van der Waals surface area (Å²) in [7, 11) is 0. The van der Waals surface area contributed by atoms with Crippen molar-refractivity contribution < 1.29 is 4.79 Å². The molecular formula is C29H25NOS. The van der Waals surface area contributed by atoms with Gasteiger partial charge < -0.3 is 0 Å². The first kappa shape index (κ1) is 20.7. The summed E-state index contributed by atoms with van der Waals surface area (Å²) in [6, 6.07) is 39.5. The number of thioether (sulfide) groups is 1. The van der Waals surface area contributed by atoms with E-state index in [1.165, 1.54) is 21.6 Å². The monoisotopic (exact) mass is 435 g/mol. The van der Waals surface area contributed by atoms with Crippen LogP contribution in [0, 0.1) is 0 Å². The molecule has 1 aliphatic rings. The third-order valence-corrected chi connectivity index (χ3v) is 7.04. The third-order valence-electron chi connectivity index (χ3n) is 6.29. The maximum absolute atomic E-state index is 13.5. The van der Waals surface area contributed by atoms with Crippen LogP contribution in [0.25, 0.3) is 0 Å². The van der Waals surface area contributed by atoms with E-state index in [0.717, 1.165) is 12.1 Å². The number of carbonyl (C=O) groups excluding carboxylic acids is 1. The largest absolute Gasteiger partial charge is 0.292 e. The Kier molecular flexibility index (Phi) is 5.69. The molecule has 0 amide bonds. The van der Waals surface area contributed by atoms with Gasteiger partial charge in [-0.2, -0.15) is 0 Å². The maximum atomic E-state index is 13.5. The normalized spacial score (nSPS) is 17.7. The van der Waals surface area contributed by atoms with E-state index in [-0.39, 0.29) is 11.8 Å². The Bertz CT molecular complexity index is 1090. The van der Waals surface area contributed by atoms with Crippen LogP contribution in [-0.2, 0) is 5.54 Å². The van der Waals surface area contributed by atoms with Crippen LogP contribution >= 0.6 is 11.8 Å². The van der Waals surface area contributed by atoms with E-state index in [4.69, 9.17) is 0 Å². The number of ketones is 1. The lowest BCUT2D eigenvalue weighted by Gasteiger charge is -2.38. The zero-order valence-corrected chi connectivity index (χ0v) is 18.8. The summed E-state index contributed by atoms with van der Waals surface area (Å²) in [4.78, 5) is 17.0. The van der Waals surface area contributed by atoms with Crippen LogP contribution in [0.4, 0.5) is 0 Å². The summed E-state index contributed by atoms with van der Waals surface area (Å²) in [5, 5.41) is 0. The van der Waals surface area contributed by atoms with E-state index in [1.54, 1.807) is 11.8 Å². The average molecular weight is 436 g/mol. The van der Waals surface area contributed by atoms with Crippen LogP contribution in [0.5, 0.6) is 0 Å². The van der Waals surface area contributed by atoms with Gasteiger partial charge >= 0.3 is 0 Å². The van der Waals surface area contributed by atoms with Gasteiger partial charge in [0, 0.05) is 17.0 Å². The molecule has 2 nitrogen and oxygen atoms in total. The van der Waals surface area contributed by atoms with Gasteiger partial charge in [-0.3, -0.25) is 9.69 Å². The summed E-state index contributed by atoms with van der Waals surface area (Å²) in [6.07, 6.45) is 2.05. The van der Waals surface area contributed by atoms with Crippen LogP contribution in [0.2, 0.25) is 0 Å². The fraction of sp³-hybridized carbons (Fsp3) is 0.138. The third kappa shape index (κ3) is 3.58. The van der Waals surface area contributed by atoms with E-state index in [2.05, 4.69) is 77.7 Å². The number of Topliss-reactive ketones (excluding diaryl/α,β-unsaturated/α-hetero) is 1. The summed E-state index contributed by atoms with van der Waals surface area (Å²) in [6.45, 7) is 0.724. The Labute approximate surface area is 193 Å². The lowest BCUT2D eigenvalue weighted by Crippen LogP contribution is -2.40. The molecule has 0 saturated carbocycles. The van der Waals surface area contributed by atoms with Crippen molar-refractivity contribution in [2.75, 3.05) is 12.8 Å². The van der Waals surface area contributed by atoms with Crippen LogP contribution in [-0.4, -0.2) is 29.5 Å². The van der Waals surface area contributed by atoms with Crippen molar-refractivity contribution in [3.8, 4) is 0 Å². The molecule has 0 spiro atoms. The second kappa shape index (κ2) is 8.78. The Morgan fingerprint density at radius 2 is 1.16 bits per heavy atom. The van der Waals surface area contributed by atoms with E-state index in [9.17, 15) is 4.79 Å². The van der Waals surface area contributed by atoms with Gasteiger partial charge in [0.2, 0.25) is 0 Å². The maximum Gasteiger partial charge on any atom is 0.181 e. The van der Waals surface area contributed by atoms with Gasteiger partial charge in [-0.1, -0.05) is 103 Å². The van der Waals surface area contributed by atoms with Gasteiger partial charge in [-0.15, -0.1) is 11.8 Å². The van der Waals surface area contributed by atoms with E-state index >= 15 is 0 Å². The molecule has 5 rings (SSSR count). The molecule has 1 aliphatic heterocycles. The summed E-state index contributed by atoms with van der Waals surface area (Å²) in [5.74, 6) is 0.185. The van der Waals surface area contributed by atoms with E-state index in [0.29, 0.717) is 0 Å². The molecule has 0 bridgehead atoms. The number of carbonyl (C=O) groups is 1. The van der Waals surface area contributed by atoms with Crippen LogP contribution in [0.15, 0.2) is 120 Å². The van der Waals surface area contributed by atoms with Crippen LogP contribution in [0.3, 0.4) is 0 Å². The van der Waals surface area contributed by atoms with Crippen molar-refractivity contribution in [3.63, 3.8) is 0 Å². The van der Waals surface area contributed by atoms with Crippen molar-refractivity contribution >= 4 is 17.5 Å². The number of rotatable bonds is 7. The van der Waals surface area contributed by atoms with Gasteiger partial charge in [0.25, 0.3) is 0 Å². The van der Waals surface area contributed by atoms with Crippen molar-refractivity contribution in [1.29, 1.82) is 0 Å². The quantitative estimate of drug-likeness (QED) is 0.148. The van der Waals surface area contributed by atoms with Gasteiger partial charge in [0.05, 0.1) is 11.6 Å². The Balaban J connectivity index is 1.63. The van der Waals surface area contributed by atoms with Crippen molar-refractivity contribution in [2.45, 2.75) is 16.5 Å². The molecule has 2 unspecified atom stereocenters. The number of nitrogens with zero attached hydrogens (tertiary/aromatic N) is 1. The highest BCUT2D eigenvalue weighted by molar-refractivity contribution is 7.98. The molecule has 4 aromatic carbocycles. The predicted octanol–water partition coefficient (Wildman–Crippen LogP) is 6.27. The van der Waals surface area contributed by atoms with Crippen LogP contribution in [0.1, 0.15) is 27.0 Å². The standard InChI is InChI=1S/C29H25NOS/c1-32-26-19-17-22(18-20-26)28(31)27-21-30(27)29(23-11-5-2-6-12-23,24-13-7-3-8-14-24)25-15-9-4-10-16-25/h2-20,27H,21H2,1H3. The first-order chi connectivity index (χ1) is 15.7. The van der Waals surface area contributed by atoms with E-state index in [1.807, 2.05) is 48.7 Å². The molecule has 0 N–H and O–H groups in total. The highest BCUT2D eigenvalue weighted by atomic mass is 32.2. The Morgan fingerprint density at radius 1 is 0.719 bits per heavy atom. The number of hydrogen-bond acceptors (Lipinski definition) is 3. The fourth-order valence-corrected chi connectivity index (χ4v) is 5.13. The molecule has 2 atom stereocenters. The Hall–Kier alpha value is -3.14. The van der Waals surface area contributed by atoms with Gasteiger partial charge in [0.1, 0.15) is 0 Å². The van der Waals surface area contributed by atoms with Crippen molar-refractivity contribution in [1.82, 2.24) is 4.90 Å². The van der Waals surface area contributed by atoms with Gasteiger partial charge in [0.15, 0.2) is 5.78 Å². The molecule has 158 valence electrons. The van der Waals surface area contributed by atoms with Crippen molar-refractivity contribution in [2.24, 2.45) is 0 Å². The topological polar surface area (TPSA) is 20.1 Å². The number of benzene rings is 4. The average Bonchev–Trinajstić information content (AvgIpc) is 3.67. The molecule has 3 heteroatoms. The lowest BCUT2D eigenvalue weighted by atomic mass is 9.76. The highest BCUT2D eigenvalue weighted by Gasteiger charge is 2.55. The second-order valence-corrected chi connectivity index (χ2v) is 8.95. The molecule has 0 radical (unpaired) electrons. The minimum absolute atomic E-state index is 0.157. The lowest BCUT2D eigenvalue weighted by molar-refractivity contribution is 0.0962. The van der Waals surface area contributed by atoms with Gasteiger partial charge in [-0.05, 0) is 35.1 Å². The minimum atomic E-state index is -0.524. The first-order valence-corrected chi connectivity index (χ1v) is 12.1. The molecular weight excluding hydrogens is 410 g/mol. The van der Waals surface area contributed by atoms with Gasteiger partial charge in [-0.25, -0.2) is 0 Å². The molecule has 1 heterocycles. The fourth-order valence-electron chi connectivity index (χ4n) is 4.72. The zero-order chi connectivity index (χ0) is 22.0. The predicted molar refractivity (Wildman–Crippen MR) is 132 cm³/mol. The molecule has 1 fully saturated rings. The molecule has 1 saturated heterocycles. The molecule has 0 aromatic heterocycles. The summed E-state index contributed by atoms with van der Waals surface area (Å²) >= 11 is 1.69. The van der Waals surface area contributed by atoms with E-state index < -0.39 is 5.54 Å². The second-order valence-electron chi connectivity index (χ2n) is 8.07. The minimum Gasteiger partial charge on any atom is -0.292 e. The first-order valence-electron chi connectivity index (χ1n) is 10.9.